The van der Waals surface area contributed by atoms with Crippen molar-refractivity contribution < 1.29 is 9.18 Å². The van der Waals surface area contributed by atoms with Crippen LogP contribution < -0.4 is 0 Å². The van der Waals surface area contributed by atoms with Gasteiger partial charge in [-0.15, -0.1) is 5.10 Å². The maximum absolute atomic E-state index is 13.4. The maximum Gasteiger partial charge on any atom is 0.236 e. The molecular formula is C23H29FN4OS. The molecule has 160 valence electrons. The zero-order valence-electron chi connectivity index (χ0n) is 17.3. The van der Waals surface area contributed by atoms with E-state index in [0.717, 1.165) is 24.3 Å². The second kappa shape index (κ2) is 8.35. The van der Waals surface area contributed by atoms with Crippen molar-refractivity contribution in [1.82, 2.24) is 19.4 Å². The van der Waals surface area contributed by atoms with Gasteiger partial charge in [-0.3, -0.25) is 9.69 Å². The fourth-order valence-electron chi connectivity index (χ4n) is 5.85. The number of hydrogen-bond donors (Lipinski definition) is 0. The van der Waals surface area contributed by atoms with E-state index in [1.807, 2.05) is 22.4 Å². The molecule has 2 atom stereocenters. The van der Waals surface area contributed by atoms with Crippen LogP contribution in [-0.2, 0) is 4.79 Å². The van der Waals surface area contributed by atoms with Gasteiger partial charge < -0.3 is 4.90 Å². The van der Waals surface area contributed by atoms with E-state index in [1.54, 1.807) is 0 Å². The molecule has 2 aromatic rings. The van der Waals surface area contributed by atoms with Gasteiger partial charge in [0.15, 0.2) is 0 Å². The molecule has 5 nitrogen and oxygen atoms in total. The van der Waals surface area contributed by atoms with E-state index in [2.05, 4.69) is 14.5 Å². The summed E-state index contributed by atoms with van der Waals surface area (Å²) in [5.74, 6) is 0.214. The lowest BCUT2D eigenvalue weighted by atomic mass is 9.73. The fraction of sp³-hybridized carbons (Fsp3) is 0.609. The van der Waals surface area contributed by atoms with Crippen LogP contribution in [0.25, 0.3) is 0 Å². The highest BCUT2D eigenvalue weighted by Crippen LogP contribution is 2.44. The molecule has 3 heterocycles. The summed E-state index contributed by atoms with van der Waals surface area (Å²) in [4.78, 5) is 17.6. The molecule has 30 heavy (non-hydrogen) atoms. The van der Waals surface area contributed by atoms with Crippen molar-refractivity contribution in [2.24, 2.45) is 5.41 Å². The third-order valence-electron chi connectivity index (χ3n) is 7.52. The number of rotatable bonds is 4. The molecule has 1 amide bonds. The first-order valence-corrected chi connectivity index (χ1v) is 12.0. The molecule has 3 aliphatic rings. The molecule has 0 bridgehead atoms. The van der Waals surface area contributed by atoms with E-state index in [-0.39, 0.29) is 23.6 Å². The minimum atomic E-state index is -0.234. The molecule has 3 fully saturated rings. The first kappa shape index (κ1) is 20.1. The molecule has 5 rings (SSSR count). The van der Waals surface area contributed by atoms with Crippen LogP contribution in [0.3, 0.4) is 0 Å². The van der Waals surface area contributed by atoms with Crippen LogP contribution >= 0.6 is 11.5 Å². The molecule has 0 radical (unpaired) electrons. The molecule has 1 aromatic carbocycles. The minimum Gasteiger partial charge on any atom is -0.340 e. The Morgan fingerprint density at radius 3 is 2.60 bits per heavy atom. The summed E-state index contributed by atoms with van der Waals surface area (Å²) >= 11 is 1.34. The molecule has 1 spiro atoms. The van der Waals surface area contributed by atoms with Gasteiger partial charge in [-0.1, -0.05) is 35.9 Å². The predicted molar refractivity (Wildman–Crippen MR) is 115 cm³/mol. The minimum absolute atomic E-state index is 0.112. The molecule has 1 aliphatic carbocycles. The number of likely N-dealkylation sites (tertiary alicyclic amines) is 2. The summed E-state index contributed by atoms with van der Waals surface area (Å²) in [5.41, 5.74) is 2.47. The Labute approximate surface area is 181 Å². The van der Waals surface area contributed by atoms with Crippen molar-refractivity contribution in [1.29, 1.82) is 0 Å². The highest BCUT2D eigenvalue weighted by Gasteiger charge is 2.42. The number of aromatic nitrogens is 2. The summed E-state index contributed by atoms with van der Waals surface area (Å²) < 4.78 is 17.5. The topological polar surface area (TPSA) is 49.3 Å². The van der Waals surface area contributed by atoms with Crippen molar-refractivity contribution in [3.05, 3.63) is 46.7 Å². The zero-order valence-corrected chi connectivity index (χ0v) is 18.1. The standard InChI is InChI=1S/C23H29FN4OS/c24-18-6-4-17(5-7-18)19-12-28(13-20(19)21-15-30-26-25-21)22(29)14-27-11-10-23(16-27)8-2-1-3-9-23/h4-7,15,19-20H,1-3,8-14,16H2/t19-,20+/m0/s1. The normalized spacial score (nSPS) is 26.5. The number of amides is 1. The number of halogens is 1. The Morgan fingerprint density at radius 1 is 1.10 bits per heavy atom. The largest absolute Gasteiger partial charge is 0.340 e. The highest BCUT2D eigenvalue weighted by atomic mass is 32.1. The van der Waals surface area contributed by atoms with Gasteiger partial charge in [-0.2, -0.15) is 0 Å². The van der Waals surface area contributed by atoms with Crippen molar-refractivity contribution in [2.45, 2.75) is 50.4 Å². The van der Waals surface area contributed by atoms with E-state index >= 15 is 0 Å². The van der Waals surface area contributed by atoms with E-state index in [4.69, 9.17) is 0 Å². The summed E-state index contributed by atoms with van der Waals surface area (Å²) in [7, 11) is 0. The lowest BCUT2D eigenvalue weighted by molar-refractivity contribution is -0.131. The fourth-order valence-corrected chi connectivity index (χ4v) is 6.37. The lowest BCUT2D eigenvalue weighted by Crippen LogP contribution is -2.39. The average Bonchev–Trinajstić information content (AvgIpc) is 3.49. The van der Waals surface area contributed by atoms with Crippen LogP contribution in [0.4, 0.5) is 4.39 Å². The molecular weight excluding hydrogens is 399 g/mol. The van der Waals surface area contributed by atoms with Crippen LogP contribution in [0.1, 0.15) is 61.6 Å². The van der Waals surface area contributed by atoms with Crippen molar-refractivity contribution in [2.75, 3.05) is 32.7 Å². The van der Waals surface area contributed by atoms with Gasteiger partial charge in [-0.25, -0.2) is 4.39 Å². The van der Waals surface area contributed by atoms with E-state index in [9.17, 15) is 9.18 Å². The summed E-state index contributed by atoms with van der Waals surface area (Å²) in [6, 6.07) is 6.69. The van der Waals surface area contributed by atoms with Crippen LogP contribution in [0.2, 0.25) is 0 Å². The Morgan fingerprint density at radius 2 is 1.87 bits per heavy atom. The number of carbonyl (C=O) groups excluding carboxylic acids is 1. The second-order valence-corrected chi connectivity index (χ2v) is 10.0. The summed E-state index contributed by atoms with van der Waals surface area (Å²) in [6.07, 6.45) is 7.95. The van der Waals surface area contributed by atoms with Crippen LogP contribution in [0.15, 0.2) is 29.6 Å². The van der Waals surface area contributed by atoms with Gasteiger partial charge in [0.1, 0.15) is 5.82 Å². The average molecular weight is 429 g/mol. The van der Waals surface area contributed by atoms with Crippen molar-refractivity contribution >= 4 is 17.4 Å². The number of hydrogen-bond acceptors (Lipinski definition) is 5. The molecule has 1 saturated carbocycles. The summed E-state index contributed by atoms with van der Waals surface area (Å²) in [5, 5.41) is 6.27. The number of nitrogens with zero attached hydrogens (tertiary/aromatic N) is 4. The predicted octanol–water partition coefficient (Wildman–Crippen LogP) is 4.04. The van der Waals surface area contributed by atoms with E-state index < -0.39 is 0 Å². The van der Waals surface area contributed by atoms with Crippen LogP contribution in [0.5, 0.6) is 0 Å². The van der Waals surface area contributed by atoms with Gasteiger partial charge in [-0.05, 0) is 60.5 Å². The molecule has 2 saturated heterocycles. The van der Waals surface area contributed by atoms with Gasteiger partial charge in [0.25, 0.3) is 0 Å². The van der Waals surface area contributed by atoms with Gasteiger partial charge in [0.2, 0.25) is 5.91 Å². The molecule has 1 aromatic heterocycles. The SMILES string of the molecule is O=C(CN1CCC2(CCCCC2)C1)N1C[C@@H](c2ccc(F)cc2)[C@H](c2csnn2)C1. The molecule has 0 N–H and O–H groups in total. The Bertz CT molecular complexity index is 866. The summed E-state index contributed by atoms with van der Waals surface area (Å²) in [6.45, 7) is 3.95. The quantitative estimate of drug-likeness (QED) is 0.737. The first-order valence-electron chi connectivity index (χ1n) is 11.1. The number of benzene rings is 1. The van der Waals surface area contributed by atoms with Gasteiger partial charge in [0.05, 0.1) is 12.2 Å². The second-order valence-electron chi connectivity index (χ2n) is 9.41. The molecule has 2 aliphatic heterocycles. The highest BCUT2D eigenvalue weighted by molar-refractivity contribution is 7.03. The monoisotopic (exact) mass is 428 g/mol. The van der Waals surface area contributed by atoms with E-state index in [0.29, 0.717) is 25.0 Å². The van der Waals surface area contributed by atoms with Crippen LogP contribution in [0, 0.1) is 11.2 Å². The first-order chi connectivity index (χ1) is 14.6. The Hall–Kier alpha value is -1.86. The van der Waals surface area contributed by atoms with Crippen LogP contribution in [-0.4, -0.2) is 58.0 Å². The third-order valence-corrected chi connectivity index (χ3v) is 8.04. The lowest BCUT2D eigenvalue weighted by Gasteiger charge is -2.33. The van der Waals surface area contributed by atoms with E-state index in [1.165, 1.54) is 62.2 Å². The Kier molecular flexibility index (Phi) is 5.58. The van der Waals surface area contributed by atoms with Gasteiger partial charge >= 0.3 is 0 Å². The maximum atomic E-state index is 13.4. The molecule has 0 unspecified atom stereocenters. The Balaban J connectivity index is 1.27. The van der Waals surface area contributed by atoms with Crippen molar-refractivity contribution in [3.63, 3.8) is 0 Å². The van der Waals surface area contributed by atoms with Gasteiger partial charge in [0, 0.05) is 36.9 Å². The molecule has 7 heteroatoms. The zero-order chi connectivity index (χ0) is 20.6. The number of carbonyl (C=O) groups is 1. The van der Waals surface area contributed by atoms with Crippen molar-refractivity contribution in [3.8, 4) is 0 Å². The smallest absolute Gasteiger partial charge is 0.236 e. The third kappa shape index (κ3) is 4.02.